The number of carboxylic acids is 1. The predicted octanol–water partition coefficient (Wildman–Crippen LogP) is 3.10. The molecule has 34 heavy (non-hydrogen) atoms. The van der Waals surface area contributed by atoms with E-state index in [4.69, 9.17) is 9.47 Å². The van der Waals surface area contributed by atoms with Crippen molar-refractivity contribution in [1.29, 1.82) is 0 Å². The highest BCUT2D eigenvalue weighted by molar-refractivity contribution is 5.93. The molecule has 0 unspecified atom stereocenters. The molecule has 188 valence electrons. The van der Waals surface area contributed by atoms with E-state index < -0.39 is 24.2 Å². The van der Waals surface area contributed by atoms with Crippen LogP contribution in [0.5, 0.6) is 5.88 Å². The SMILES string of the molecule is CCCC(=O)Nc1ccc(OC)nc1N[C@H]1CC(C(=O)O)=C[C@@H](OC(CC)CC)[C@@H]1NC(C)=O. The van der Waals surface area contributed by atoms with Crippen LogP contribution in [0, 0.1) is 0 Å². The summed E-state index contributed by atoms with van der Waals surface area (Å²) in [5.41, 5.74) is 0.610. The van der Waals surface area contributed by atoms with Gasteiger partial charge in [0, 0.05) is 31.4 Å². The Morgan fingerprint density at radius 1 is 1.21 bits per heavy atom. The lowest BCUT2D eigenvalue weighted by Gasteiger charge is -2.38. The number of methoxy groups -OCH3 is 1. The predicted molar refractivity (Wildman–Crippen MR) is 129 cm³/mol. The van der Waals surface area contributed by atoms with Gasteiger partial charge in [-0.25, -0.2) is 4.79 Å². The van der Waals surface area contributed by atoms with Gasteiger partial charge < -0.3 is 30.5 Å². The monoisotopic (exact) mass is 476 g/mol. The van der Waals surface area contributed by atoms with Crippen molar-refractivity contribution < 1.29 is 29.0 Å². The van der Waals surface area contributed by atoms with Crippen molar-refractivity contribution in [2.24, 2.45) is 0 Å². The van der Waals surface area contributed by atoms with Crippen LogP contribution in [0.1, 0.15) is 59.8 Å². The Balaban J connectivity index is 2.45. The fourth-order valence-electron chi connectivity index (χ4n) is 3.89. The quantitative estimate of drug-likeness (QED) is 0.361. The third-order valence-electron chi connectivity index (χ3n) is 5.65. The van der Waals surface area contributed by atoms with Crippen LogP contribution in [0.2, 0.25) is 0 Å². The maximum atomic E-state index is 12.2. The maximum absolute atomic E-state index is 12.2. The molecule has 1 aromatic heterocycles. The van der Waals surface area contributed by atoms with Gasteiger partial charge in [0.15, 0.2) is 5.82 Å². The molecule has 1 aliphatic rings. The summed E-state index contributed by atoms with van der Waals surface area (Å²) in [5, 5.41) is 18.7. The molecule has 1 aliphatic carbocycles. The van der Waals surface area contributed by atoms with Gasteiger partial charge in [0.1, 0.15) is 0 Å². The van der Waals surface area contributed by atoms with Gasteiger partial charge in [0.2, 0.25) is 17.7 Å². The van der Waals surface area contributed by atoms with E-state index in [1.54, 1.807) is 18.2 Å². The minimum Gasteiger partial charge on any atom is -0.481 e. The molecule has 0 fully saturated rings. The van der Waals surface area contributed by atoms with Crippen LogP contribution < -0.4 is 20.7 Å². The summed E-state index contributed by atoms with van der Waals surface area (Å²) in [7, 11) is 1.48. The first-order valence-electron chi connectivity index (χ1n) is 11.7. The molecular formula is C24H36N4O6. The van der Waals surface area contributed by atoms with Gasteiger partial charge in [-0.05, 0) is 31.4 Å². The largest absolute Gasteiger partial charge is 0.481 e. The molecule has 0 bridgehead atoms. The van der Waals surface area contributed by atoms with Gasteiger partial charge in [-0.3, -0.25) is 9.59 Å². The number of anilines is 2. The topological polar surface area (TPSA) is 139 Å². The molecule has 0 aromatic carbocycles. The van der Waals surface area contributed by atoms with Crippen LogP contribution in [0.15, 0.2) is 23.8 Å². The lowest BCUT2D eigenvalue weighted by Crippen LogP contribution is -2.56. The number of hydrogen-bond acceptors (Lipinski definition) is 7. The second-order valence-electron chi connectivity index (χ2n) is 8.27. The molecule has 0 saturated heterocycles. The van der Waals surface area contributed by atoms with Crippen molar-refractivity contribution in [3.05, 3.63) is 23.8 Å². The van der Waals surface area contributed by atoms with Crippen molar-refractivity contribution in [3.8, 4) is 5.88 Å². The summed E-state index contributed by atoms with van der Waals surface area (Å²) in [6, 6.07) is 2.17. The van der Waals surface area contributed by atoms with Crippen LogP contribution in [0.4, 0.5) is 11.5 Å². The smallest absolute Gasteiger partial charge is 0.331 e. The molecule has 3 atom stereocenters. The highest BCUT2D eigenvalue weighted by Gasteiger charge is 2.38. The standard InChI is InChI=1S/C24H36N4O6/c1-6-9-20(30)26-17-10-11-21(33-5)28-23(17)27-18-12-15(24(31)32)13-19(22(18)25-14(4)29)34-16(7-2)8-3/h10-11,13,16,18-19,22H,6-9,12H2,1-5H3,(H,25,29)(H,26,30)(H,27,28)(H,31,32)/t18-,19+,22+/m0/s1. The number of aromatic nitrogens is 1. The average molecular weight is 477 g/mol. The number of rotatable bonds is 12. The maximum Gasteiger partial charge on any atom is 0.331 e. The Hall–Kier alpha value is -3.14. The number of amides is 2. The number of carboxylic acid groups (broad SMARTS) is 1. The van der Waals surface area contributed by atoms with Crippen molar-refractivity contribution in [3.63, 3.8) is 0 Å². The van der Waals surface area contributed by atoms with Crippen LogP contribution in [0.3, 0.4) is 0 Å². The first kappa shape index (κ1) is 27.1. The Labute approximate surface area is 200 Å². The molecule has 0 aliphatic heterocycles. The third kappa shape index (κ3) is 7.44. The normalized spacial score (nSPS) is 19.8. The van der Waals surface area contributed by atoms with E-state index in [0.29, 0.717) is 30.2 Å². The molecule has 1 heterocycles. The number of pyridine rings is 1. The summed E-state index contributed by atoms with van der Waals surface area (Å²) in [5.74, 6) is -0.849. The van der Waals surface area contributed by atoms with Gasteiger partial charge in [0.25, 0.3) is 0 Å². The highest BCUT2D eigenvalue weighted by atomic mass is 16.5. The van der Waals surface area contributed by atoms with Gasteiger partial charge in [-0.1, -0.05) is 20.8 Å². The zero-order chi connectivity index (χ0) is 25.3. The van der Waals surface area contributed by atoms with Crippen molar-refractivity contribution in [2.45, 2.75) is 84.1 Å². The fourth-order valence-corrected chi connectivity index (χ4v) is 3.89. The van der Waals surface area contributed by atoms with E-state index >= 15 is 0 Å². The Morgan fingerprint density at radius 3 is 2.47 bits per heavy atom. The zero-order valence-corrected chi connectivity index (χ0v) is 20.5. The van der Waals surface area contributed by atoms with E-state index in [1.807, 2.05) is 20.8 Å². The average Bonchev–Trinajstić information content (AvgIpc) is 2.79. The van der Waals surface area contributed by atoms with Gasteiger partial charge in [-0.2, -0.15) is 4.98 Å². The second-order valence-corrected chi connectivity index (χ2v) is 8.27. The van der Waals surface area contributed by atoms with E-state index in [0.717, 1.165) is 12.8 Å². The van der Waals surface area contributed by atoms with Crippen LogP contribution >= 0.6 is 0 Å². The Kier molecular flexibility index (Phi) is 10.3. The van der Waals surface area contributed by atoms with E-state index in [-0.39, 0.29) is 29.9 Å². The van der Waals surface area contributed by atoms with Crippen LogP contribution in [-0.4, -0.2) is 59.3 Å². The Morgan fingerprint density at radius 2 is 1.91 bits per heavy atom. The first-order valence-corrected chi connectivity index (χ1v) is 11.7. The summed E-state index contributed by atoms with van der Waals surface area (Å²) in [6.07, 6.45) is 3.47. The summed E-state index contributed by atoms with van der Waals surface area (Å²) < 4.78 is 11.5. The summed E-state index contributed by atoms with van der Waals surface area (Å²) >= 11 is 0. The molecule has 2 amide bonds. The van der Waals surface area contributed by atoms with Gasteiger partial charge >= 0.3 is 5.97 Å². The number of aliphatic carboxylic acids is 1. The number of ether oxygens (including phenoxy) is 2. The van der Waals surface area contributed by atoms with Crippen molar-refractivity contribution in [2.75, 3.05) is 17.7 Å². The lowest BCUT2D eigenvalue weighted by molar-refractivity contribution is -0.133. The molecule has 0 saturated carbocycles. The molecule has 0 spiro atoms. The van der Waals surface area contributed by atoms with E-state index in [9.17, 15) is 19.5 Å². The van der Waals surface area contributed by atoms with Gasteiger partial charge in [-0.15, -0.1) is 0 Å². The summed E-state index contributed by atoms with van der Waals surface area (Å²) in [6.45, 7) is 7.30. The van der Waals surface area contributed by atoms with Gasteiger partial charge in [0.05, 0.1) is 37.1 Å². The van der Waals surface area contributed by atoms with Crippen molar-refractivity contribution in [1.82, 2.24) is 10.3 Å². The molecule has 0 radical (unpaired) electrons. The molecule has 2 rings (SSSR count). The number of nitrogens with one attached hydrogen (secondary N) is 3. The van der Waals surface area contributed by atoms with E-state index in [2.05, 4.69) is 20.9 Å². The van der Waals surface area contributed by atoms with Crippen molar-refractivity contribution >= 4 is 29.3 Å². The minimum absolute atomic E-state index is 0.0925. The molecular weight excluding hydrogens is 440 g/mol. The number of carbonyl (C=O) groups excluding carboxylic acids is 2. The molecule has 1 aromatic rings. The van der Waals surface area contributed by atoms with E-state index in [1.165, 1.54) is 14.0 Å². The highest BCUT2D eigenvalue weighted by Crippen LogP contribution is 2.30. The van der Waals surface area contributed by atoms with Crippen LogP contribution in [-0.2, 0) is 19.1 Å². The van der Waals surface area contributed by atoms with Crippen LogP contribution in [0.25, 0.3) is 0 Å². The Bertz CT molecular complexity index is 899. The third-order valence-corrected chi connectivity index (χ3v) is 5.65. The second kappa shape index (κ2) is 12.9. The fraction of sp³-hybridized carbons (Fsp3) is 0.583. The summed E-state index contributed by atoms with van der Waals surface area (Å²) in [4.78, 5) is 40.6. The lowest BCUT2D eigenvalue weighted by atomic mass is 9.87. The molecule has 4 N–H and O–H groups in total. The number of carbonyl (C=O) groups is 3. The minimum atomic E-state index is -1.05. The first-order chi connectivity index (χ1) is 16.2. The zero-order valence-electron chi connectivity index (χ0n) is 20.5. The number of hydrogen-bond donors (Lipinski definition) is 4. The number of nitrogens with zero attached hydrogens (tertiary/aromatic N) is 1. The molecule has 10 nitrogen and oxygen atoms in total. The molecule has 10 heteroatoms.